The lowest BCUT2D eigenvalue weighted by Gasteiger charge is -2.41. The van der Waals surface area contributed by atoms with Crippen LogP contribution in [0.1, 0.15) is 66.8 Å². The second-order valence-electron chi connectivity index (χ2n) is 25.8. The zero-order chi connectivity index (χ0) is 62.4. The van der Waals surface area contributed by atoms with Crippen molar-refractivity contribution in [2.75, 3.05) is 0 Å². The van der Waals surface area contributed by atoms with Crippen LogP contribution in [0.3, 0.4) is 0 Å². The first-order valence-corrected chi connectivity index (χ1v) is 32.9. The monoisotopic (exact) mass is 1210 g/mol. The molecule has 0 spiro atoms. The molecule has 0 bridgehead atoms. The van der Waals surface area contributed by atoms with Crippen molar-refractivity contribution >= 4 is 43.6 Å². The van der Waals surface area contributed by atoms with Gasteiger partial charge in [0.05, 0.1) is 44.0 Å². The molecule has 0 aliphatic heterocycles. The molecule has 17 aromatic rings. The predicted molar refractivity (Wildman–Crippen MR) is 388 cm³/mol. The molecular formula is C91H58N4. The zero-order valence-corrected chi connectivity index (χ0v) is 51.8. The average molecular weight is 1210 g/mol. The van der Waals surface area contributed by atoms with Gasteiger partial charge in [-0.25, -0.2) is 9.97 Å². The number of benzene rings is 14. The normalized spacial score (nSPS) is 15.2. The van der Waals surface area contributed by atoms with Crippen LogP contribution >= 0.6 is 0 Å². The zero-order valence-electron chi connectivity index (χ0n) is 51.8. The molecule has 3 aromatic heterocycles. The van der Waals surface area contributed by atoms with E-state index in [-0.39, 0.29) is 0 Å². The SMILES string of the molecule is c1ccc(-c2ccc(C3(c4cc(C5(c6ccc(-n7c8ccccc8c8ccccc87)cc6)c6ccccc6-c6ccccc65)cc(C5(c6ccc(-n7c8ccccc8c8ccccc87)cc6)c6ccccc6-c6ncncc65)c4)c4ccccc4-c4ccccc43)cc2)cc1. The maximum Gasteiger partial charge on any atom is 0.116 e. The van der Waals surface area contributed by atoms with E-state index in [0.717, 1.165) is 44.9 Å². The molecule has 95 heavy (non-hydrogen) atoms. The summed E-state index contributed by atoms with van der Waals surface area (Å²) < 4.78 is 4.86. The summed E-state index contributed by atoms with van der Waals surface area (Å²) in [7, 11) is 0. The highest BCUT2D eigenvalue weighted by molar-refractivity contribution is 6.10. The first-order valence-electron chi connectivity index (χ1n) is 32.9. The van der Waals surface area contributed by atoms with Gasteiger partial charge in [0.2, 0.25) is 0 Å². The van der Waals surface area contributed by atoms with Crippen molar-refractivity contribution in [3.05, 3.63) is 419 Å². The van der Waals surface area contributed by atoms with E-state index in [2.05, 4.69) is 355 Å². The number of hydrogen-bond acceptors (Lipinski definition) is 2. The third kappa shape index (κ3) is 7.25. The van der Waals surface area contributed by atoms with Gasteiger partial charge in [0.15, 0.2) is 0 Å². The summed E-state index contributed by atoms with van der Waals surface area (Å²) in [4.78, 5) is 10.3. The second-order valence-corrected chi connectivity index (χ2v) is 25.8. The number of hydrogen-bond donors (Lipinski definition) is 0. The lowest BCUT2D eigenvalue weighted by molar-refractivity contribution is 0.711. The Kier molecular flexibility index (Phi) is 11.5. The molecule has 1 unspecified atom stereocenters. The van der Waals surface area contributed by atoms with Gasteiger partial charge in [-0.2, -0.15) is 0 Å². The fourth-order valence-electron chi connectivity index (χ4n) is 17.8. The summed E-state index contributed by atoms with van der Waals surface area (Å²) in [5, 5.41) is 4.93. The van der Waals surface area contributed by atoms with Crippen LogP contribution in [0.2, 0.25) is 0 Å². The Balaban J connectivity index is 0.930. The van der Waals surface area contributed by atoms with E-state index in [1.54, 1.807) is 6.33 Å². The molecule has 3 heterocycles. The Bertz CT molecular complexity index is 5450. The van der Waals surface area contributed by atoms with Gasteiger partial charge in [0, 0.05) is 50.2 Å². The molecule has 0 fully saturated rings. The molecule has 20 rings (SSSR count). The largest absolute Gasteiger partial charge is 0.309 e. The summed E-state index contributed by atoms with van der Waals surface area (Å²) in [6, 6.07) is 128. The van der Waals surface area contributed by atoms with Crippen molar-refractivity contribution in [1.29, 1.82) is 0 Å². The van der Waals surface area contributed by atoms with Gasteiger partial charge in [-0.05, 0) is 143 Å². The average Bonchev–Trinajstić information content (AvgIpc) is 1.56. The van der Waals surface area contributed by atoms with Gasteiger partial charge >= 0.3 is 0 Å². The van der Waals surface area contributed by atoms with Crippen LogP contribution < -0.4 is 0 Å². The minimum absolute atomic E-state index is 0.831. The van der Waals surface area contributed by atoms with Crippen molar-refractivity contribution in [1.82, 2.24) is 19.1 Å². The number of rotatable bonds is 9. The van der Waals surface area contributed by atoms with Gasteiger partial charge < -0.3 is 9.13 Å². The lowest BCUT2D eigenvalue weighted by Crippen LogP contribution is -2.35. The van der Waals surface area contributed by atoms with E-state index in [9.17, 15) is 0 Å². The fourth-order valence-corrected chi connectivity index (χ4v) is 17.8. The summed E-state index contributed by atoms with van der Waals surface area (Å²) in [5.74, 6) is 0. The third-order valence-corrected chi connectivity index (χ3v) is 21.5. The molecule has 4 nitrogen and oxygen atoms in total. The molecule has 0 radical (unpaired) electrons. The highest BCUT2D eigenvalue weighted by atomic mass is 15.0. The Morgan fingerprint density at radius 1 is 0.232 bits per heavy atom. The quantitative estimate of drug-likeness (QED) is 0.144. The minimum atomic E-state index is -0.952. The smallest absolute Gasteiger partial charge is 0.116 e. The molecular weight excluding hydrogens is 1150 g/mol. The topological polar surface area (TPSA) is 35.6 Å². The molecule has 0 saturated heterocycles. The van der Waals surface area contributed by atoms with Crippen molar-refractivity contribution in [3.63, 3.8) is 0 Å². The van der Waals surface area contributed by atoms with Gasteiger partial charge in [-0.15, -0.1) is 0 Å². The molecule has 442 valence electrons. The Hall–Kier alpha value is -12.2. The summed E-state index contributed by atoms with van der Waals surface area (Å²) in [6.07, 6.45) is 3.83. The number of nitrogens with zero attached hydrogens (tertiary/aromatic N) is 4. The highest BCUT2D eigenvalue weighted by Gasteiger charge is 2.53. The summed E-state index contributed by atoms with van der Waals surface area (Å²) >= 11 is 0. The van der Waals surface area contributed by atoms with E-state index in [1.165, 1.54) is 122 Å². The summed E-state index contributed by atoms with van der Waals surface area (Å²) in [6.45, 7) is 0. The Morgan fingerprint density at radius 3 is 0.916 bits per heavy atom. The molecule has 3 aliphatic rings. The number of fused-ring (bicyclic) bond motifs is 15. The van der Waals surface area contributed by atoms with E-state index >= 15 is 0 Å². The predicted octanol–water partition coefficient (Wildman–Crippen LogP) is 21.4. The maximum atomic E-state index is 5.30. The summed E-state index contributed by atoms with van der Waals surface area (Å²) in [5.41, 5.74) is 27.7. The fraction of sp³-hybridized carbons (Fsp3) is 0.0330. The first-order chi connectivity index (χ1) is 47.1. The van der Waals surface area contributed by atoms with Crippen molar-refractivity contribution in [2.24, 2.45) is 0 Å². The van der Waals surface area contributed by atoms with Crippen LogP contribution in [0, 0.1) is 0 Å². The minimum Gasteiger partial charge on any atom is -0.309 e. The van der Waals surface area contributed by atoms with Crippen LogP contribution in [0.15, 0.2) is 352 Å². The van der Waals surface area contributed by atoms with Crippen LogP contribution in [0.4, 0.5) is 0 Å². The van der Waals surface area contributed by atoms with Crippen molar-refractivity contribution in [2.45, 2.75) is 16.2 Å². The Labute approximate surface area is 550 Å². The molecule has 14 aromatic carbocycles. The van der Waals surface area contributed by atoms with E-state index < -0.39 is 16.2 Å². The van der Waals surface area contributed by atoms with Crippen molar-refractivity contribution < 1.29 is 0 Å². The van der Waals surface area contributed by atoms with Crippen LogP contribution in [0.5, 0.6) is 0 Å². The molecule has 4 heteroatoms. The van der Waals surface area contributed by atoms with Gasteiger partial charge in [0.1, 0.15) is 6.33 Å². The van der Waals surface area contributed by atoms with Gasteiger partial charge in [-0.1, -0.05) is 291 Å². The van der Waals surface area contributed by atoms with Gasteiger partial charge in [0.25, 0.3) is 0 Å². The molecule has 0 amide bonds. The van der Waals surface area contributed by atoms with Crippen LogP contribution in [0.25, 0.3) is 99.6 Å². The van der Waals surface area contributed by atoms with E-state index in [0.29, 0.717) is 0 Å². The van der Waals surface area contributed by atoms with E-state index in [4.69, 9.17) is 9.97 Å². The molecule has 0 saturated carbocycles. The van der Waals surface area contributed by atoms with Crippen LogP contribution in [-0.4, -0.2) is 19.1 Å². The maximum absolute atomic E-state index is 5.30. The second kappa shape index (κ2) is 20.4. The highest BCUT2D eigenvalue weighted by Crippen LogP contribution is 2.63. The molecule has 1 atom stereocenters. The lowest BCUT2D eigenvalue weighted by atomic mass is 9.60. The first kappa shape index (κ1) is 53.4. The third-order valence-electron chi connectivity index (χ3n) is 21.5. The van der Waals surface area contributed by atoms with Crippen LogP contribution in [-0.2, 0) is 16.2 Å². The number of aromatic nitrogens is 4. The van der Waals surface area contributed by atoms with Gasteiger partial charge in [-0.3, -0.25) is 0 Å². The molecule has 0 N–H and O–H groups in total. The van der Waals surface area contributed by atoms with Crippen molar-refractivity contribution in [3.8, 4) is 56.0 Å². The molecule has 3 aliphatic carbocycles. The van der Waals surface area contributed by atoms with E-state index in [1.807, 2.05) is 0 Å². The Morgan fingerprint density at radius 2 is 0.526 bits per heavy atom. The number of para-hydroxylation sites is 4. The standard InChI is InChI=1S/C91H58N4/c1-2-22-59(23-3-1)60-42-44-61(45-43-60)89(78-33-13-4-24-69(78)70-25-5-14-34-79(70)89)64-54-65(90(80-35-15-6-26-71(80)72-27-7-16-36-81(72)90)62-46-50-67(51-47-62)94-84-38-18-9-28-73(84)74-29-10-19-39-85(74)94)56-66(55-64)91(82-37-17-8-32-77(82)88-83(91)57-92-58-93-88)63-48-52-68(53-49-63)95-86-40-20-11-30-75(86)76-31-12-21-41-87(76)95/h1-58H.